The van der Waals surface area contributed by atoms with Crippen LogP contribution in [0, 0.1) is 0 Å². The second-order valence-electron chi connectivity index (χ2n) is 4.07. The predicted molar refractivity (Wildman–Crippen MR) is 63.1 cm³/mol. The van der Waals surface area contributed by atoms with E-state index in [1.807, 2.05) is 6.92 Å². The summed E-state index contributed by atoms with van der Waals surface area (Å²) >= 11 is 0. The Balaban J connectivity index is 2.28. The Morgan fingerprint density at radius 1 is 1.41 bits per heavy atom. The van der Waals surface area contributed by atoms with Crippen molar-refractivity contribution in [2.75, 3.05) is 19.6 Å². The Kier molecular flexibility index (Phi) is 3.19. The first-order chi connectivity index (χ1) is 8.15. The molecule has 1 saturated heterocycles. The molecule has 0 aliphatic carbocycles. The largest absolute Gasteiger partial charge is 0.507 e. The Morgan fingerprint density at radius 3 is 2.41 bits per heavy atom. The molecule has 1 aromatic carbocycles. The van der Waals surface area contributed by atoms with Gasteiger partial charge in [-0.1, -0.05) is 6.07 Å². The third-order valence-electron chi connectivity index (χ3n) is 3.04. The van der Waals surface area contributed by atoms with Crippen molar-refractivity contribution in [3.63, 3.8) is 0 Å². The summed E-state index contributed by atoms with van der Waals surface area (Å²) in [4.78, 5) is 13.9. The van der Waals surface area contributed by atoms with E-state index in [1.54, 1.807) is 4.90 Å². The lowest BCUT2D eigenvalue weighted by molar-refractivity contribution is 0.0624. The van der Waals surface area contributed by atoms with Crippen molar-refractivity contribution in [1.82, 2.24) is 10.2 Å². The number of carbonyl (C=O) groups is 1. The zero-order chi connectivity index (χ0) is 12.4. The molecule has 0 unspecified atom stereocenters. The van der Waals surface area contributed by atoms with Gasteiger partial charge in [-0.25, -0.2) is 0 Å². The number of hydrogen-bond donors (Lipinski definition) is 3. The van der Waals surface area contributed by atoms with E-state index < -0.39 is 0 Å². The van der Waals surface area contributed by atoms with Crippen LogP contribution in [0.15, 0.2) is 18.2 Å². The third kappa shape index (κ3) is 2.06. The summed E-state index contributed by atoms with van der Waals surface area (Å²) in [7, 11) is 0. The molecule has 92 valence electrons. The van der Waals surface area contributed by atoms with Crippen LogP contribution in [0.1, 0.15) is 17.3 Å². The first-order valence-corrected chi connectivity index (χ1v) is 5.67. The van der Waals surface area contributed by atoms with E-state index in [4.69, 9.17) is 0 Å². The predicted octanol–water partition coefficient (Wildman–Crippen LogP) is 0.532. The van der Waals surface area contributed by atoms with Crippen LogP contribution < -0.4 is 5.32 Å². The van der Waals surface area contributed by atoms with Gasteiger partial charge in [-0.05, 0) is 19.1 Å². The Hall–Kier alpha value is -1.75. The number of hydrogen-bond acceptors (Lipinski definition) is 4. The summed E-state index contributed by atoms with van der Waals surface area (Å²) in [6.07, 6.45) is 0. The van der Waals surface area contributed by atoms with E-state index >= 15 is 0 Å². The summed E-state index contributed by atoms with van der Waals surface area (Å²) in [5.74, 6) is -0.684. The monoisotopic (exact) mass is 236 g/mol. The highest BCUT2D eigenvalue weighted by Gasteiger charge is 2.30. The first-order valence-electron chi connectivity index (χ1n) is 5.67. The molecule has 1 amide bonds. The van der Waals surface area contributed by atoms with Crippen molar-refractivity contribution >= 4 is 5.91 Å². The standard InChI is InChI=1S/C12H16N2O3/c1-2-14(8-6-13-7-8)12(17)11-9(15)4-3-5-10(11)16/h3-5,8,13,15-16H,2,6-7H2,1H3. The molecule has 1 fully saturated rings. The topological polar surface area (TPSA) is 72.8 Å². The Morgan fingerprint density at radius 2 is 2.00 bits per heavy atom. The number of phenols is 2. The van der Waals surface area contributed by atoms with E-state index in [9.17, 15) is 15.0 Å². The molecule has 1 aliphatic heterocycles. The van der Waals surface area contributed by atoms with Gasteiger partial charge in [0.15, 0.2) is 0 Å². The Bertz CT molecular complexity index is 410. The van der Waals surface area contributed by atoms with E-state index in [1.165, 1.54) is 18.2 Å². The molecule has 5 nitrogen and oxygen atoms in total. The second kappa shape index (κ2) is 4.63. The molecule has 0 saturated carbocycles. The maximum absolute atomic E-state index is 12.2. The van der Waals surface area contributed by atoms with Crippen LogP contribution >= 0.6 is 0 Å². The summed E-state index contributed by atoms with van der Waals surface area (Å²) in [6, 6.07) is 4.45. The molecule has 0 radical (unpaired) electrons. The highest BCUT2D eigenvalue weighted by molar-refractivity contribution is 5.99. The molecular formula is C12H16N2O3. The molecule has 0 atom stereocenters. The van der Waals surface area contributed by atoms with E-state index in [-0.39, 0.29) is 29.0 Å². The van der Waals surface area contributed by atoms with Crippen molar-refractivity contribution in [2.24, 2.45) is 0 Å². The molecular weight excluding hydrogens is 220 g/mol. The fraction of sp³-hybridized carbons (Fsp3) is 0.417. The summed E-state index contributed by atoms with van der Waals surface area (Å²) in [6.45, 7) is 3.95. The van der Waals surface area contributed by atoms with Gasteiger partial charge < -0.3 is 20.4 Å². The fourth-order valence-electron chi connectivity index (χ4n) is 1.95. The van der Waals surface area contributed by atoms with Gasteiger partial charge in [0.2, 0.25) is 0 Å². The minimum Gasteiger partial charge on any atom is -0.507 e. The molecule has 0 spiro atoms. The summed E-state index contributed by atoms with van der Waals surface area (Å²) in [5.41, 5.74) is -0.0127. The van der Waals surface area contributed by atoms with Gasteiger partial charge in [-0.15, -0.1) is 0 Å². The van der Waals surface area contributed by atoms with Crippen molar-refractivity contribution in [1.29, 1.82) is 0 Å². The van der Waals surface area contributed by atoms with Gasteiger partial charge in [0.05, 0.1) is 6.04 Å². The number of amides is 1. The van der Waals surface area contributed by atoms with Crippen molar-refractivity contribution < 1.29 is 15.0 Å². The summed E-state index contributed by atoms with van der Waals surface area (Å²) < 4.78 is 0. The highest BCUT2D eigenvalue weighted by Crippen LogP contribution is 2.28. The number of likely N-dealkylation sites (N-methyl/N-ethyl adjacent to an activating group) is 1. The van der Waals surface area contributed by atoms with Crippen LogP contribution in [0.4, 0.5) is 0 Å². The lowest BCUT2D eigenvalue weighted by Gasteiger charge is -2.37. The van der Waals surface area contributed by atoms with E-state index in [2.05, 4.69) is 5.32 Å². The number of benzene rings is 1. The maximum Gasteiger partial charge on any atom is 0.261 e. The number of carbonyl (C=O) groups excluding carboxylic acids is 1. The van der Waals surface area contributed by atoms with Crippen molar-refractivity contribution in [2.45, 2.75) is 13.0 Å². The van der Waals surface area contributed by atoms with Gasteiger partial charge in [-0.2, -0.15) is 0 Å². The molecule has 3 N–H and O–H groups in total. The van der Waals surface area contributed by atoms with Gasteiger partial charge in [0.1, 0.15) is 17.1 Å². The average molecular weight is 236 g/mol. The average Bonchev–Trinajstić information content (AvgIpc) is 2.22. The molecule has 1 aromatic rings. The molecule has 2 rings (SSSR count). The third-order valence-corrected chi connectivity index (χ3v) is 3.04. The normalized spacial score (nSPS) is 15.4. The first kappa shape index (κ1) is 11.7. The number of nitrogens with one attached hydrogen (secondary N) is 1. The zero-order valence-corrected chi connectivity index (χ0v) is 9.68. The van der Waals surface area contributed by atoms with Crippen LogP contribution in [-0.4, -0.2) is 46.7 Å². The quantitative estimate of drug-likeness (QED) is 0.716. The molecule has 0 aromatic heterocycles. The number of rotatable bonds is 3. The summed E-state index contributed by atoms with van der Waals surface area (Å²) in [5, 5.41) is 22.4. The SMILES string of the molecule is CCN(C(=O)c1c(O)cccc1O)C1CNC1. The Labute approximate surface area is 99.7 Å². The molecule has 1 aliphatic rings. The fourth-order valence-corrected chi connectivity index (χ4v) is 1.95. The lowest BCUT2D eigenvalue weighted by atomic mass is 10.1. The van der Waals surface area contributed by atoms with Crippen LogP contribution in [-0.2, 0) is 0 Å². The van der Waals surface area contributed by atoms with Crippen molar-refractivity contribution in [3.8, 4) is 11.5 Å². The van der Waals surface area contributed by atoms with E-state index in [0.29, 0.717) is 6.54 Å². The van der Waals surface area contributed by atoms with Crippen LogP contribution in [0.25, 0.3) is 0 Å². The van der Waals surface area contributed by atoms with Gasteiger partial charge in [0.25, 0.3) is 5.91 Å². The zero-order valence-electron chi connectivity index (χ0n) is 9.68. The minimum atomic E-state index is -0.324. The molecule has 17 heavy (non-hydrogen) atoms. The highest BCUT2D eigenvalue weighted by atomic mass is 16.3. The number of phenolic OH excluding ortho intramolecular Hbond substituents is 2. The number of nitrogens with zero attached hydrogens (tertiary/aromatic N) is 1. The van der Waals surface area contributed by atoms with Gasteiger partial charge in [0, 0.05) is 19.6 Å². The van der Waals surface area contributed by atoms with Crippen LogP contribution in [0.5, 0.6) is 11.5 Å². The molecule has 1 heterocycles. The number of aromatic hydroxyl groups is 2. The maximum atomic E-state index is 12.2. The van der Waals surface area contributed by atoms with Crippen molar-refractivity contribution in [3.05, 3.63) is 23.8 Å². The van der Waals surface area contributed by atoms with Crippen LogP contribution in [0.3, 0.4) is 0 Å². The lowest BCUT2D eigenvalue weighted by Crippen LogP contribution is -2.58. The van der Waals surface area contributed by atoms with Gasteiger partial charge >= 0.3 is 0 Å². The smallest absolute Gasteiger partial charge is 0.261 e. The van der Waals surface area contributed by atoms with Crippen LogP contribution in [0.2, 0.25) is 0 Å². The van der Waals surface area contributed by atoms with E-state index in [0.717, 1.165) is 13.1 Å². The minimum absolute atomic E-state index is 0.0127. The molecule has 0 bridgehead atoms. The second-order valence-corrected chi connectivity index (χ2v) is 4.07. The van der Waals surface area contributed by atoms with Gasteiger partial charge in [-0.3, -0.25) is 4.79 Å². The molecule has 5 heteroatoms.